The zero-order chi connectivity index (χ0) is 11.3. The zero-order valence-electron chi connectivity index (χ0n) is 8.73. The maximum Gasteiger partial charge on any atom is 0.224 e. The summed E-state index contributed by atoms with van der Waals surface area (Å²) in [6.07, 6.45) is 0. The van der Waals surface area contributed by atoms with Crippen molar-refractivity contribution < 1.29 is 9.53 Å². The molecular weight excluding hydrogens is 192 g/mol. The van der Waals surface area contributed by atoms with Gasteiger partial charge in [0.2, 0.25) is 5.91 Å². The molecule has 15 heavy (non-hydrogen) atoms. The number of rotatable bonds is 3. The van der Waals surface area contributed by atoms with Crippen LogP contribution in [0.2, 0.25) is 0 Å². The molecule has 0 saturated heterocycles. The zero-order valence-corrected chi connectivity index (χ0v) is 8.73. The van der Waals surface area contributed by atoms with Crippen molar-refractivity contribution in [3.8, 4) is 11.8 Å². The third kappa shape index (κ3) is 2.71. The van der Waals surface area contributed by atoms with E-state index in [-0.39, 0.29) is 12.5 Å². The van der Waals surface area contributed by atoms with Crippen molar-refractivity contribution in [2.24, 2.45) is 0 Å². The number of carbonyl (C=O) groups is 1. The lowest BCUT2D eigenvalue weighted by atomic mass is 10.2. The minimum atomic E-state index is -0.151. The van der Waals surface area contributed by atoms with E-state index in [4.69, 9.17) is 10.00 Å². The van der Waals surface area contributed by atoms with Crippen LogP contribution in [0.3, 0.4) is 0 Å². The molecule has 0 radical (unpaired) electrons. The van der Waals surface area contributed by atoms with Gasteiger partial charge in [-0.3, -0.25) is 9.69 Å². The lowest BCUT2D eigenvalue weighted by Gasteiger charge is -2.17. The number of amides is 1. The van der Waals surface area contributed by atoms with Gasteiger partial charge in [0.05, 0.1) is 13.2 Å². The predicted molar refractivity (Wildman–Crippen MR) is 56.6 cm³/mol. The van der Waals surface area contributed by atoms with Gasteiger partial charge >= 0.3 is 0 Å². The molecule has 0 aliphatic rings. The first-order chi connectivity index (χ1) is 7.19. The highest BCUT2D eigenvalue weighted by Gasteiger charge is 2.10. The van der Waals surface area contributed by atoms with Gasteiger partial charge in [-0.15, -0.1) is 0 Å². The van der Waals surface area contributed by atoms with E-state index in [1.54, 1.807) is 31.4 Å². The molecule has 0 heterocycles. The Balaban J connectivity index is 2.92. The normalized spacial score (nSPS) is 9.13. The molecule has 0 aliphatic carbocycles. The monoisotopic (exact) mass is 204 g/mol. The van der Waals surface area contributed by atoms with Crippen molar-refractivity contribution in [2.45, 2.75) is 6.92 Å². The van der Waals surface area contributed by atoms with Crippen LogP contribution >= 0.6 is 0 Å². The molecule has 0 bridgehead atoms. The van der Waals surface area contributed by atoms with Gasteiger partial charge in [-0.2, -0.15) is 5.26 Å². The second-order valence-corrected chi connectivity index (χ2v) is 2.96. The molecule has 78 valence electrons. The van der Waals surface area contributed by atoms with Gasteiger partial charge in [-0.25, -0.2) is 0 Å². The highest BCUT2D eigenvalue weighted by Crippen LogP contribution is 2.18. The third-order valence-electron chi connectivity index (χ3n) is 1.99. The Kier molecular flexibility index (Phi) is 3.69. The lowest BCUT2D eigenvalue weighted by Crippen LogP contribution is -2.28. The SMILES string of the molecule is COc1ccc(N(CC#N)C(C)=O)cc1. The minimum absolute atomic E-state index is 0.0572. The van der Waals surface area contributed by atoms with Crippen LogP contribution in [0.1, 0.15) is 6.92 Å². The van der Waals surface area contributed by atoms with Gasteiger partial charge in [-0.05, 0) is 24.3 Å². The Hall–Kier alpha value is -2.02. The summed E-state index contributed by atoms with van der Waals surface area (Å²) in [6.45, 7) is 1.49. The number of nitrogens with zero attached hydrogens (tertiary/aromatic N) is 2. The number of methoxy groups -OCH3 is 1. The van der Waals surface area contributed by atoms with Crippen molar-refractivity contribution in [3.63, 3.8) is 0 Å². The molecule has 0 aliphatic heterocycles. The van der Waals surface area contributed by atoms with Crippen LogP contribution in [0.15, 0.2) is 24.3 Å². The quantitative estimate of drug-likeness (QED) is 0.702. The van der Waals surface area contributed by atoms with Crippen molar-refractivity contribution in [3.05, 3.63) is 24.3 Å². The van der Waals surface area contributed by atoms with E-state index < -0.39 is 0 Å². The van der Waals surface area contributed by atoms with Crippen molar-refractivity contribution in [2.75, 3.05) is 18.6 Å². The smallest absolute Gasteiger partial charge is 0.224 e. The molecular formula is C11H12N2O2. The molecule has 0 N–H and O–H groups in total. The third-order valence-corrected chi connectivity index (χ3v) is 1.99. The fourth-order valence-electron chi connectivity index (χ4n) is 1.22. The van der Waals surface area contributed by atoms with E-state index in [1.165, 1.54) is 11.8 Å². The topological polar surface area (TPSA) is 53.3 Å². The summed E-state index contributed by atoms with van der Waals surface area (Å²) in [5, 5.41) is 8.58. The van der Waals surface area contributed by atoms with Crippen LogP contribution in [-0.2, 0) is 4.79 Å². The van der Waals surface area contributed by atoms with E-state index in [0.29, 0.717) is 5.69 Å². The predicted octanol–water partition coefficient (Wildman–Crippen LogP) is 1.57. The first-order valence-electron chi connectivity index (χ1n) is 4.48. The van der Waals surface area contributed by atoms with E-state index in [9.17, 15) is 4.79 Å². The summed E-state index contributed by atoms with van der Waals surface area (Å²) in [6, 6.07) is 8.95. The van der Waals surface area contributed by atoms with Crippen LogP contribution in [0, 0.1) is 11.3 Å². The molecule has 0 aromatic heterocycles. The lowest BCUT2D eigenvalue weighted by molar-refractivity contribution is -0.116. The fourth-order valence-corrected chi connectivity index (χ4v) is 1.22. The van der Waals surface area contributed by atoms with Gasteiger partial charge in [0.15, 0.2) is 0 Å². The highest BCUT2D eigenvalue weighted by molar-refractivity contribution is 5.91. The molecule has 4 nitrogen and oxygen atoms in total. The van der Waals surface area contributed by atoms with Crippen LogP contribution < -0.4 is 9.64 Å². The standard InChI is InChI=1S/C11H12N2O2/c1-9(14)13(8-7-12)10-3-5-11(15-2)6-4-10/h3-6H,8H2,1-2H3. The Bertz CT molecular complexity index is 379. The average molecular weight is 204 g/mol. The maximum atomic E-state index is 11.2. The number of hydrogen-bond donors (Lipinski definition) is 0. The summed E-state index contributed by atoms with van der Waals surface area (Å²) in [5.74, 6) is 0.570. The van der Waals surface area contributed by atoms with Crippen molar-refractivity contribution >= 4 is 11.6 Å². The fraction of sp³-hybridized carbons (Fsp3) is 0.273. The maximum absolute atomic E-state index is 11.2. The minimum Gasteiger partial charge on any atom is -0.497 e. The molecule has 1 aromatic carbocycles. The Morgan fingerprint density at radius 2 is 2.07 bits per heavy atom. The average Bonchev–Trinajstić information content (AvgIpc) is 2.26. The molecule has 1 amide bonds. The molecule has 0 atom stereocenters. The Morgan fingerprint density at radius 1 is 1.47 bits per heavy atom. The summed E-state index contributed by atoms with van der Waals surface area (Å²) < 4.78 is 5.00. The molecule has 0 spiro atoms. The molecule has 0 fully saturated rings. The molecule has 0 unspecified atom stereocenters. The van der Waals surface area contributed by atoms with Gasteiger partial charge in [0, 0.05) is 12.6 Å². The number of ether oxygens (including phenoxy) is 1. The summed E-state index contributed by atoms with van der Waals surface area (Å²) in [5.41, 5.74) is 0.699. The highest BCUT2D eigenvalue weighted by atomic mass is 16.5. The first-order valence-corrected chi connectivity index (χ1v) is 4.48. The van der Waals surface area contributed by atoms with Gasteiger partial charge < -0.3 is 4.74 Å². The second-order valence-electron chi connectivity index (χ2n) is 2.96. The summed E-state index contributed by atoms with van der Waals surface area (Å²) in [7, 11) is 1.58. The largest absolute Gasteiger partial charge is 0.497 e. The Labute approximate surface area is 88.7 Å². The van der Waals surface area contributed by atoms with Gasteiger partial charge in [0.1, 0.15) is 12.3 Å². The Morgan fingerprint density at radius 3 is 2.47 bits per heavy atom. The van der Waals surface area contributed by atoms with Gasteiger partial charge in [-0.1, -0.05) is 0 Å². The number of carbonyl (C=O) groups excluding carboxylic acids is 1. The van der Waals surface area contributed by atoms with E-state index in [2.05, 4.69) is 0 Å². The van der Waals surface area contributed by atoms with E-state index in [0.717, 1.165) is 5.75 Å². The van der Waals surface area contributed by atoms with Crippen molar-refractivity contribution in [1.29, 1.82) is 5.26 Å². The number of nitriles is 1. The van der Waals surface area contributed by atoms with Crippen LogP contribution in [0.5, 0.6) is 5.75 Å². The summed E-state index contributed by atoms with van der Waals surface area (Å²) >= 11 is 0. The van der Waals surface area contributed by atoms with Crippen molar-refractivity contribution in [1.82, 2.24) is 0 Å². The van der Waals surface area contributed by atoms with E-state index >= 15 is 0 Å². The van der Waals surface area contributed by atoms with Crippen LogP contribution in [0.4, 0.5) is 5.69 Å². The molecule has 0 saturated carbocycles. The van der Waals surface area contributed by atoms with Crippen LogP contribution in [0.25, 0.3) is 0 Å². The number of benzene rings is 1. The summed E-state index contributed by atoms with van der Waals surface area (Å²) in [4.78, 5) is 12.6. The first kappa shape index (κ1) is 11.1. The molecule has 1 aromatic rings. The number of anilines is 1. The second kappa shape index (κ2) is 5.01. The molecule has 1 rings (SSSR count). The van der Waals surface area contributed by atoms with Gasteiger partial charge in [0.25, 0.3) is 0 Å². The van der Waals surface area contributed by atoms with Crippen LogP contribution in [-0.4, -0.2) is 19.6 Å². The molecule has 4 heteroatoms. The number of hydrogen-bond acceptors (Lipinski definition) is 3. The van der Waals surface area contributed by atoms with E-state index in [1.807, 2.05) is 6.07 Å².